The Kier molecular flexibility index (Phi) is 6.10. The number of para-hydroxylation sites is 1. The van der Waals surface area contributed by atoms with E-state index in [2.05, 4.69) is 20.8 Å². The summed E-state index contributed by atoms with van der Waals surface area (Å²) >= 11 is 0. The minimum atomic E-state index is -0.423. The maximum Gasteiger partial charge on any atom is 0.275 e. The van der Waals surface area contributed by atoms with E-state index in [0.717, 1.165) is 5.69 Å². The molecule has 0 aliphatic carbocycles. The summed E-state index contributed by atoms with van der Waals surface area (Å²) in [6.07, 6.45) is 1.34. The maximum absolute atomic E-state index is 12.2. The van der Waals surface area contributed by atoms with Gasteiger partial charge < -0.3 is 9.84 Å². The molecule has 28 heavy (non-hydrogen) atoms. The molecule has 0 spiro atoms. The highest BCUT2D eigenvalue weighted by Gasteiger charge is 2.10. The topological polar surface area (TPSA) is 95.6 Å². The molecule has 1 amide bonds. The minimum absolute atomic E-state index is 0.00829. The van der Waals surface area contributed by atoms with Crippen LogP contribution in [-0.4, -0.2) is 24.3 Å². The number of methoxy groups -OCH3 is 1. The van der Waals surface area contributed by atoms with Crippen molar-refractivity contribution in [3.8, 4) is 11.5 Å². The lowest BCUT2D eigenvalue weighted by molar-refractivity contribution is 0.0952. The monoisotopic (exact) mass is 374 g/mol. The predicted octanol–water partition coefficient (Wildman–Crippen LogP) is 4.58. The van der Waals surface area contributed by atoms with Crippen molar-refractivity contribution in [2.24, 2.45) is 15.3 Å². The number of nitrogens with zero attached hydrogens (tertiary/aromatic N) is 3. The number of phenolic OH excluding ortho intramolecular Hbond substituents is 1. The molecule has 7 heteroatoms. The second kappa shape index (κ2) is 9.09. The van der Waals surface area contributed by atoms with E-state index >= 15 is 0 Å². The van der Waals surface area contributed by atoms with Crippen molar-refractivity contribution in [2.45, 2.75) is 0 Å². The lowest BCUT2D eigenvalue weighted by Gasteiger charge is -2.06. The van der Waals surface area contributed by atoms with Crippen molar-refractivity contribution in [3.05, 3.63) is 83.9 Å². The summed E-state index contributed by atoms with van der Waals surface area (Å²) < 4.78 is 5.15. The zero-order chi connectivity index (χ0) is 19.8. The normalized spacial score (nSPS) is 11.0. The van der Waals surface area contributed by atoms with Gasteiger partial charge in [-0.2, -0.15) is 15.3 Å². The van der Waals surface area contributed by atoms with Gasteiger partial charge in [-0.15, -0.1) is 0 Å². The molecule has 0 radical (unpaired) electrons. The van der Waals surface area contributed by atoms with Gasteiger partial charge in [-0.1, -0.05) is 30.3 Å². The molecule has 0 saturated carbocycles. The van der Waals surface area contributed by atoms with Crippen LogP contribution in [0.4, 0.5) is 11.4 Å². The van der Waals surface area contributed by atoms with Gasteiger partial charge in [0, 0.05) is 5.56 Å². The van der Waals surface area contributed by atoms with Gasteiger partial charge in [-0.05, 0) is 42.5 Å². The Morgan fingerprint density at radius 1 is 0.964 bits per heavy atom. The van der Waals surface area contributed by atoms with E-state index in [1.165, 1.54) is 19.4 Å². The Labute approximate surface area is 162 Å². The fourth-order valence-electron chi connectivity index (χ4n) is 2.37. The summed E-state index contributed by atoms with van der Waals surface area (Å²) in [7, 11) is 1.49. The van der Waals surface area contributed by atoms with Crippen LogP contribution < -0.4 is 10.2 Å². The van der Waals surface area contributed by atoms with Crippen LogP contribution in [0.25, 0.3) is 0 Å². The highest BCUT2D eigenvalue weighted by Crippen LogP contribution is 2.24. The third-order valence-corrected chi connectivity index (χ3v) is 3.77. The number of carbonyl (C=O) groups is 1. The highest BCUT2D eigenvalue weighted by molar-refractivity contribution is 5.97. The fraction of sp³-hybridized carbons (Fsp3) is 0.0476. The number of hydrogen-bond donors (Lipinski definition) is 2. The first-order chi connectivity index (χ1) is 13.7. The van der Waals surface area contributed by atoms with Gasteiger partial charge in [0.1, 0.15) is 11.5 Å². The van der Waals surface area contributed by atoms with Crippen LogP contribution in [-0.2, 0) is 0 Å². The standard InChI is InChI=1S/C21H18N4O3/c1-28-20-10-6-5-9-18(20)21(27)25-22-14-15-13-17(11-12-19(15)26)24-23-16-7-3-2-4-8-16/h2-14,26H,1H3,(H,25,27)/b22-14-,24-23?. The summed E-state index contributed by atoms with van der Waals surface area (Å²) in [6, 6.07) is 20.8. The third kappa shape index (κ3) is 4.79. The molecule has 7 nitrogen and oxygen atoms in total. The van der Waals surface area contributed by atoms with E-state index in [0.29, 0.717) is 22.6 Å². The first-order valence-corrected chi connectivity index (χ1v) is 8.43. The quantitative estimate of drug-likeness (QED) is 0.375. The lowest BCUT2D eigenvalue weighted by Crippen LogP contribution is -2.18. The zero-order valence-corrected chi connectivity index (χ0v) is 15.1. The van der Waals surface area contributed by atoms with Crippen LogP contribution in [0.15, 0.2) is 88.1 Å². The molecule has 0 fully saturated rings. The van der Waals surface area contributed by atoms with Crippen LogP contribution in [0.2, 0.25) is 0 Å². The Bertz CT molecular complexity index is 1020. The lowest BCUT2D eigenvalue weighted by atomic mass is 10.2. The predicted molar refractivity (Wildman–Crippen MR) is 107 cm³/mol. The van der Waals surface area contributed by atoms with Crippen LogP contribution in [0.5, 0.6) is 11.5 Å². The first kappa shape index (κ1) is 18.8. The molecule has 140 valence electrons. The maximum atomic E-state index is 12.2. The van der Waals surface area contributed by atoms with E-state index in [1.807, 2.05) is 30.3 Å². The molecule has 0 atom stereocenters. The summed E-state index contributed by atoms with van der Waals surface area (Å²) in [5.41, 5.74) is 4.42. The van der Waals surface area contributed by atoms with Crippen molar-refractivity contribution < 1.29 is 14.6 Å². The minimum Gasteiger partial charge on any atom is -0.507 e. The second-order valence-corrected chi connectivity index (χ2v) is 5.68. The molecule has 3 rings (SSSR count). The molecule has 2 N–H and O–H groups in total. The fourth-order valence-corrected chi connectivity index (χ4v) is 2.37. The number of phenols is 1. The first-order valence-electron chi connectivity index (χ1n) is 8.43. The van der Waals surface area contributed by atoms with E-state index in [1.54, 1.807) is 36.4 Å². The number of carbonyl (C=O) groups excluding carboxylic acids is 1. The van der Waals surface area contributed by atoms with Crippen molar-refractivity contribution in [1.82, 2.24) is 5.43 Å². The number of hydrogen-bond acceptors (Lipinski definition) is 6. The number of rotatable bonds is 6. The molecular formula is C21H18N4O3. The number of ether oxygens (including phenoxy) is 1. The van der Waals surface area contributed by atoms with E-state index < -0.39 is 5.91 Å². The largest absolute Gasteiger partial charge is 0.507 e. The summed E-state index contributed by atoms with van der Waals surface area (Å²) in [6.45, 7) is 0. The number of amides is 1. The molecule has 3 aromatic rings. The molecule has 0 bridgehead atoms. The molecular weight excluding hydrogens is 356 g/mol. The van der Waals surface area contributed by atoms with Gasteiger partial charge in [0.25, 0.3) is 5.91 Å². The van der Waals surface area contributed by atoms with Gasteiger partial charge in [-0.25, -0.2) is 5.43 Å². The van der Waals surface area contributed by atoms with Crippen LogP contribution in [0.1, 0.15) is 15.9 Å². The average Bonchev–Trinajstić information content (AvgIpc) is 2.74. The van der Waals surface area contributed by atoms with Crippen molar-refractivity contribution in [3.63, 3.8) is 0 Å². The SMILES string of the molecule is COc1ccccc1C(=O)N/N=C\c1cc(N=Nc2ccccc2)ccc1O. The van der Waals surface area contributed by atoms with E-state index in [-0.39, 0.29) is 5.75 Å². The molecule has 0 aromatic heterocycles. The van der Waals surface area contributed by atoms with Gasteiger partial charge >= 0.3 is 0 Å². The van der Waals surface area contributed by atoms with Crippen LogP contribution in [0, 0.1) is 0 Å². The number of nitrogens with one attached hydrogen (secondary N) is 1. The smallest absolute Gasteiger partial charge is 0.275 e. The third-order valence-electron chi connectivity index (χ3n) is 3.77. The molecule has 3 aromatic carbocycles. The molecule has 0 heterocycles. The van der Waals surface area contributed by atoms with Gasteiger partial charge in [0.15, 0.2) is 0 Å². The summed E-state index contributed by atoms with van der Waals surface area (Å²) in [4.78, 5) is 12.2. The number of benzene rings is 3. The average molecular weight is 374 g/mol. The van der Waals surface area contributed by atoms with E-state index in [4.69, 9.17) is 4.74 Å². The van der Waals surface area contributed by atoms with Crippen LogP contribution >= 0.6 is 0 Å². The molecule has 0 unspecified atom stereocenters. The van der Waals surface area contributed by atoms with Gasteiger partial charge in [-0.3, -0.25) is 4.79 Å². The Balaban J connectivity index is 1.71. The van der Waals surface area contributed by atoms with Crippen molar-refractivity contribution in [2.75, 3.05) is 7.11 Å². The van der Waals surface area contributed by atoms with Crippen molar-refractivity contribution >= 4 is 23.5 Å². The number of hydrazone groups is 1. The van der Waals surface area contributed by atoms with Gasteiger partial charge in [0.05, 0.1) is 30.3 Å². The highest BCUT2D eigenvalue weighted by atomic mass is 16.5. The zero-order valence-electron chi connectivity index (χ0n) is 15.1. The Morgan fingerprint density at radius 2 is 1.68 bits per heavy atom. The van der Waals surface area contributed by atoms with Gasteiger partial charge in [0.2, 0.25) is 0 Å². The Morgan fingerprint density at radius 3 is 2.46 bits per heavy atom. The second-order valence-electron chi connectivity index (χ2n) is 5.68. The summed E-state index contributed by atoms with van der Waals surface area (Å²) in [5, 5.41) is 22.2. The number of aromatic hydroxyl groups is 1. The molecule has 0 aliphatic heterocycles. The number of azo groups is 1. The molecule has 0 aliphatic rings. The van der Waals surface area contributed by atoms with E-state index in [9.17, 15) is 9.90 Å². The van der Waals surface area contributed by atoms with Crippen molar-refractivity contribution in [1.29, 1.82) is 0 Å². The van der Waals surface area contributed by atoms with Crippen LogP contribution in [0.3, 0.4) is 0 Å². The summed E-state index contributed by atoms with van der Waals surface area (Å²) in [5.74, 6) is 0.0310. The molecule has 0 saturated heterocycles. The Hall–Kier alpha value is -4.00.